The Hall–Kier alpha value is -2.54. The molecule has 1 fully saturated rings. The molecule has 4 N–H and O–H groups in total. The Labute approximate surface area is 242 Å². The van der Waals surface area contributed by atoms with Crippen LogP contribution in [0, 0.1) is 20.8 Å². The molecule has 0 radical (unpaired) electrons. The molecule has 3 rings (SSSR count). The van der Waals surface area contributed by atoms with Crippen molar-refractivity contribution in [3.05, 3.63) is 40.1 Å². The van der Waals surface area contributed by atoms with Gasteiger partial charge in [-0.05, 0) is 63.1 Å². The van der Waals surface area contributed by atoms with E-state index in [1.54, 1.807) is 0 Å². The van der Waals surface area contributed by atoms with E-state index in [1.165, 1.54) is 0 Å². The molecule has 1 aromatic rings. The van der Waals surface area contributed by atoms with Crippen LogP contribution in [0.5, 0.6) is 0 Å². The van der Waals surface area contributed by atoms with Crippen molar-refractivity contribution < 1.29 is 43.5 Å². The number of ether oxygens (including phenoxy) is 5. The van der Waals surface area contributed by atoms with E-state index in [1.807, 2.05) is 32.9 Å². The van der Waals surface area contributed by atoms with Crippen molar-refractivity contribution in [2.45, 2.75) is 58.2 Å². The molecule has 1 saturated carbocycles. The topological polar surface area (TPSA) is 145 Å². The number of carbonyl (C=O) groups excluding carboxylic acids is 1. The van der Waals surface area contributed by atoms with Crippen LogP contribution in [0.1, 0.15) is 47.9 Å². The SMILES string of the molecule is Cc1cc(C)c(C2=C(O)C3(CCC(OCCNCCOCCNCCOCCOCC(=O)O)CC3)OC2=O)c(C)c1. The van der Waals surface area contributed by atoms with Crippen molar-refractivity contribution in [2.24, 2.45) is 0 Å². The van der Waals surface area contributed by atoms with Crippen LogP contribution in [0.25, 0.3) is 5.57 Å². The summed E-state index contributed by atoms with van der Waals surface area (Å²) in [5.74, 6) is -1.35. The van der Waals surface area contributed by atoms with Gasteiger partial charge in [0.1, 0.15) is 12.2 Å². The summed E-state index contributed by atoms with van der Waals surface area (Å²) in [6.45, 7) is 11.4. The lowest BCUT2D eigenvalue weighted by Gasteiger charge is -2.35. The minimum Gasteiger partial charge on any atom is -0.507 e. The van der Waals surface area contributed by atoms with Crippen molar-refractivity contribution in [2.75, 3.05) is 72.4 Å². The number of hydrogen-bond donors (Lipinski definition) is 4. The number of carboxylic acid groups (broad SMARTS) is 1. The highest BCUT2D eigenvalue weighted by Crippen LogP contribution is 2.46. The van der Waals surface area contributed by atoms with Gasteiger partial charge in [-0.25, -0.2) is 9.59 Å². The average molecular weight is 579 g/mol. The number of aliphatic carboxylic acids is 1. The van der Waals surface area contributed by atoms with Crippen LogP contribution in [-0.4, -0.2) is 106 Å². The number of aliphatic hydroxyl groups excluding tert-OH is 1. The summed E-state index contributed by atoms with van der Waals surface area (Å²) in [5, 5.41) is 26.2. The molecule has 11 nitrogen and oxygen atoms in total. The van der Waals surface area contributed by atoms with Gasteiger partial charge in [-0.2, -0.15) is 0 Å². The number of nitrogens with one attached hydrogen (secondary N) is 2. The van der Waals surface area contributed by atoms with Crippen LogP contribution < -0.4 is 10.6 Å². The first-order valence-corrected chi connectivity index (χ1v) is 14.5. The van der Waals surface area contributed by atoms with Gasteiger partial charge < -0.3 is 44.5 Å². The second-order valence-electron chi connectivity index (χ2n) is 10.6. The van der Waals surface area contributed by atoms with Gasteiger partial charge in [0.25, 0.3) is 0 Å². The number of esters is 1. The molecule has 0 atom stereocenters. The predicted molar refractivity (Wildman–Crippen MR) is 153 cm³/mol. The van der Waals surface area contributed by atoms with Crippen LogP contribution in [0.15, 0.2) is 17.9 Å². The monoisotopic (exact) mass is 578 g/mol. The first-order chi connectivity index (χ1) is 19.7. The number of rotatable bonds is 19. The van der Waals surface area contributed by atoms with E-state index >= 15 is 0 Å². The van der Waals surface area contributed by atoms with Crippen molar-refractivity contribution in [3.8, 4) is 0 Å². The second-order valence-corrected chi connectivity index (χ2v) is 10.6. The molecule has 1 spiro atoms. The van der Waals surface area contributed by atoms with Gasteiger partial charge in [-0.1, -0.05) is 17.7 Å². The van der Waals surface area contributed by atoms with Gasteiger partial charge in [-0.15, -0.1) is 0 Å². The fourth-order valence-corrected chi connectivity index (χ4v) is 5.42. The average Bonchev–Trinajstić information content (AvgIpc) is 3.15. The van der Waals surface area contributed by atoms with E-state index in [-0.39, 0.29) is 25.1 Å². The molecule has 11 heteroatoms. The Balaban J connectivity index is 1.21. The number of benzene rings is 1. The van der Waals surface area contributed by atoms with Crippen LogP contribution >= 0.6 is 0 Å². The summed E-state index contributed by atoms with van der Waals surface area (Å²) < 4.78 is 27.7. The largest absolute Gasteiger partial charge is 0.507 e. The summed E-state index contributed by atoms with van der Waals surface area (Å²) in [5.41, 5.74) is 3.20. The van der Waals surface area contributed by atoms with E-state index in [2.05, 4.69) is 10.6 Å². The first-order valence-electron chi connectivity index (χ1n) is 14.5. The number of aliphatic hydroxyl groups is 1. The van der Waals surface area contributed by atoms with E-state index < -0.39 is 17.5 Å². The van der Waals surface area contributed by atoms with E-state index in [4.69, 9.17) is 28.8 Å². The maximum Gasteiger partial charge on any atom is 0.343 e. The fourth-order valence-electron chi connectivity index (χ4n) is 5.42. The molecule has 230 valence electrons. The molecule has 0 unspecified atom stereocenters. The minimum atomic E-state index is -0.985. The Kier molecular flexibility index (Phi) is 13.5. The third kappa shape index (κ3) is 10.1. The lowest BCUT2D eigenvalue weighted by Crippen LogP contribution is -2.39. The van der Waals surface area contributed by atoms with Gasteiger partial charge in [0, 0.05) is 26.2 Å². The van der Waals surface area contributed by atoms with Crippen molar-refractivity contribution in [3.63, 3.8) is 0 Å². The van der Waals surface area contributed by atoms with Gasteiger partial charge in [0.05, 0.1) is 45.7 Å². The number of carboxylic acids is 1. The number of hydrogen-bond acceptors (Lipinski definition) is 10. The molecular weight excluding hydrogens is 532 g/mol. The molecular formula is C30H46N2O9. The highest BCUT2D eigenvalue weighted by molar-refractivity contribution is 6.20. The lowest BCUT2D eigenvalue weighted by atomic mass is 9.80. The van der Waals surface area contributed by atoms with Gasteiger partial charge in [-0.3, -0.25) is 0 Å². The number of carbonyl (C=O) groups is 2. The van der Waals surface area contributed by atoms with Crippen molar-refractivity contribution >= 4 is 17.5 Å². The molecule has 1 aliphatic carbocycles. The maximum atomic E-state index is 12.9. The normalized spacial score (nSPS) is 20.7. The Morgan fingerprint density at radius 1 is 0.902 bits per heavy atom. The second kappa shape index (κ2) is 16.8. The quantitative estimate of drug-likeness (QED) is 0.142. The van der Waals surface area contributed by atoms with Crippen molar-refractivity contribution in [1.29, 1.82) is 0 Å². The van der Waals surface area contributed by atoms with Crippen LogP contribution in [0.3, 0.4) is 0 Å². The molecule has 0 bridgehead atoms. The van der Waals surface area contributed by atoms with Gasteiger partial charge in [0.15, 0.2) is 11.4 Å². The third-order valence-corrected chi connectivity index (χ3v) is 7.33. The molecule has 1 aliphatic heterocycles. The van der Waals surface area contributed by atoms with Gasteiger partial charge in [0.2, 0.25) is 0 Å². The zero-order valence-corrected chi connectivity index (χ0v) is 24.6. The zero-order chi connectivity index (χ0) is 29.7. The fraction of sp³-hybridized carbons (Fsp3) is 0.667. The predicted octanol–water partition coefficient (Wildman–Crippen LogP) is 2.45. The van der Waals surface area contributed by atoms with E-state index in [0.717, 1.165) is 48.2 Å². The smallest absolute Gasteiger partial charge is 0.343 e. The summed E-state index contributed by atoms with van der Waals surface area (Å²) in [6, 6.07) is 4.05. The Morgan fingerprint density at radius 3 is 2.02 bits per heavy atom. The number of aryl methyl sites for hydroxylation is 3. The maximum absolute atomic E-state index is 12.9. The molecule has 2 aliphatic rings. The lowest BCUT2D eigenvalue weighted by molar-refractivity contribution is -0.152. The van der Waals surface area contributed by atoms with E-state index in [0.29, 0.717) is 64.5 Å². The zero-order valence-electron chi connectivity index (χ0n) is 24.6. The summed E-state index contributed by atoms with van der Waals surface area (Å²) >= 11 is 0. The van der Waals surface area contributed by atoms with Crippen LogP contribution in [0.2, 0.25) is 0 Å². The van der Waals surface area contributed by atoms with Crippen LogP contribution in [-0.2, 0) is 33.3 Å². The molecule has 41 heavy (non-hydrogen) atoms. The van der Waals surface area contributed by atoms with Gasteiger partial charge >= 0.3 is 11.9 Å². The highest BCUT2D eigenvalue weighted by atomic mass is 16.6. The Morgan fingerprint density at radius 2 is 1.44 bits per heavy atom. The summed E-state index contributed by atoms with van der Waals surface area (Å²) in [4.78, 5) is 23.2. The standard InChI is InChI=1S/C30H46N2O9/c1-21-18-22(2)26(23(3)19-21)27-28(35)30(41-29(27)36)6-4-24(5-7-30)40-15-11-32-9-13-37-12-8-31-10-14-38-16-17-39-20-25(33)34/h18-19,24,31-32,35H,4-17,20H2,1-3H3,(H,33,34). The molecule has 0 amide bonds. The minimum absolute atomic E-state index is 0.0706. The summed E-state index contributed by atoms with van der Waals surface area (Å²) in [7, 11) is 0. The molecule has 1 aromatic carbocycles. The Bertz CT molecular complexity index is 1010. The first kappa shape index (κ1) is 33.0. The summed E-state index contributed by atoms with van der Waals surface area (Å²) in [6.07, 6.45) is 2.60. The van der Waals surface area contributed by atoms with E-state index in [9.17, 15) is 14.7 Å². The highest BCUT2D eigenvalue weighted by Gasteiger charge is 2.51. The molecule has 1 heterocycles. The van der Waals surface area contributed by atoms with Crippen LogP contribution in [0.4, 0.5) is 0 Å². The van der Waals surface area contributed by atoms with Crippen molar-refractivity contribution in [1.82, 2.24) is 10.6 Å². The molecule has 0 aromatic heterocycles. The molecule has 0 saturated heterocycles. The third-order valence-electron chi connectivity index (χ3n) is 7.33.